The Kier molecular flexibility index (Phi) is 4.24. The third-order valence-corrected chi connectivity index (χ3v) is 3.57. The maximum Gasteiger partial charge on any atom is 0.416 e. The Balaban J connectivity index is 1.99. The number of alkyl halides is 3. The molecule has 2 aromatic carbocycles. The van der Waals surface area contributed by atoms with Crippen LogP contribution in [-0.4, -0.2) is 9.97 Å². The van der Waals surface area contributed by atoms with Crippen LogP contribution in [0, 0.1) is 5.82 Å². The number of halogens is 5. The summed E-state index contributed by atoms with van der Waals surface area (Å²) in [6.45, 7) is 0. The van der Waals surface area contributed by atoms with Gasteiger partial charge in [-0.15, -0.1) is 0 Å². The molecule has 3 rings (SSSR count). The van der Waals surface area contributed by atoms with Crippen molar-refractivity contribution in [2.45, 2.75) is 6.18 Å². The first kappa shape index (κ1) is 16.4. The molecule has 0 N–H and O–H groups in total. The molecule has 0 unspecified atom stereocenters. The van der Waals surface area contributed by atoms with E-state index in [0.717, 1.165) is 18.2 Å². The number of hydrogen-bond acceptors (Lipinski definition) is 2. The predicted octanol–water partition coefficient (Wildman–Crippen LogP) is 5.62. The molecule has 2 nitrogen and oxygen atoms in total. The zero-order valence-corrected chi connectivity index (χ0v) is 12.7. The highest BCUT2D eigenvalue weighted by molar-refractivity contribution is 6.30. The van der Waals surface area contributed by atoms with Gasteiger partial charge in [0.1, 0.15) is 5.82 Å². The molecule has 3 aromatic rings. The average molecular weight is 353 g/mol. The second-order valence-corrected chi connectivity index (χ2v) is 5.40. The Bertz CT molecular complexity index is 877. The lowest BCUT2D eigenvalue weighted by molar-refractivity contribution is -0.137. The van der Waals surface area contributed by atoms with Gasteiger partial charge >= 0.3 is 6.18 Å². The highest BCUT2D eigenvalue weighted by Crippen LogP contribution is 2.31. The van der Waals surface area contributed by atoms with E-state index in [4.69, 9.17) is 11.6 Å². The Morgan fingerprint density at radius 1 is 0.917 bits per heavy atom. The van der Waals surface area contributed by atoms with Gasteiger partial charge in [0.2, 0.25) is 0 Å². The maximum absolute atomic E-state index is 14.0. The smallest absolute Gasteiger partial charge is 0.236 e. The molecule has 1 aromatic heterocycles. The van der Waals surface area contributed by atoms with Crippen LogP contribution in [0.4, 0.5) is 17.6 Å². The molecule has 122 valence electrons. The zero-order valence-electron chi connectivity index (χ0n) is 12.0. The van der Waals surface area contributed by atoms with E-state index in [9.17, 15) is 17.6 Å². The third kappa shape index (κ3) is 3.38. The second-order valence-electron chi connectivity index (χ2n) is 4.96. The van der Waals surface area contributed by atoms with Crippen LogP contribution in [0.3, 0.4) is 0 Å². The molecule has 1 heterocycles. The molecule has 0 saturated carbocycles. The summed E-state index contributed by atoms with van der Waals surface area (Å²) >= 11 is 5.71. The normalized spacial score (nSPS) is 11.5. The molecule has 0 bridgehead atoms. The van der Waals surface area contributed by atoms with Crippen molar-refractivity contribution in [3.8, 4) is 22.6 Å². The van der Waals surface area contributed by atoms with E-state index in [2.05, 4.69) is 9.97 Å². The van der Waals surface area contributed by atoms with E-state index in [-0.39, 0.29) is 16.4 Å². The van der Waals surface area contributed by atoms with E-state index in [1.54, 1.807) is 6.07 Å². The number of rotatable bonds is 2. The first-order valence-corrected chi connectivity index (χ1v) is 7.18. The third-order valence-electron chi connectivity index (χ3n) is 3.34. The van der Waals surface area contributed by atoms with Crippen molar-refractivity contribution < 1.29 is 17.6 Å². The van der Waals surface area contributed by atoms with E-state index < -0.39 is 17.6 Å². The van der Waals surface area contributed by atoms with Gasteiger partial charge in [0.15, 0.2) is 5.82 Å². The van der Waals surface area contributed by atoms with E-state index in [0.29, 0.717) is 11.3 Å². The monoisotopic (exact) mass is 352 g/mol. The quantitative estimate of drug-likeness (QED) is 0.559. The average Bonchev–Trinajstić information content (AvgIpc) is 2.54. The Hall–Kier alpha value is -2.47. The van der Waals surface area contributed by atoms with Crippen LogP contribution in [0.25, 0.3) is 22.6 Å². The van der Waals surface area contributed by atoms with E-state index >= 15 is 0 Å². The van der Waals surface area contributed by atoms with Crippen LogP contribution >= 0.6 is 11.6 Å². The van der Waals surface area contributed by atoms with Crippen molar-refractivity contribution in [2.24, 2.45) is 0 Å². The lowest BCUT2D eigenvalue weighted by Gasteiger charge is -2.08. The molecule has 0 amide bonds. The number of benzene rings is 2. The van der Waals surface area contributed by atoms with Gasteiger partial charge < -0.3 is 0 Å². The molecule has 0 atom stereocenters. The minimum absolute atomic E-state index is 0.126. The van der Waals surface area contributed by atoms with Gasteiger partial charge in [0, 0.05) is 16.8 Å². The summed E-state index contributed by atoms with van der Waals surface area (Å²) in [5.41, 5.74) is 0.279. The highest BCUT2D eigenvalue weighted by atomic mass is 35.5. The van der Waals surface area contributed by atoms with Gasteiger partial charge in [0.05, 0.1) is 16.8 Å². The maximum atomic E-state index is 14.0. The minimum atomic E-state index is -4.40. The van der Waals surface area contributed by atoms with Crippen molar-refractivity contribution in [2.75, 3.05) is 0 Å². The summed E-state index contributed by atoms with van der Waals surface area (Å²) in [4.78, 5) is 8.23. The minimum Gasteiger partial charge on any atom is -0.236 e. The molecule has 7 heteroatoms. The molecule has 0 fully saturated rings. The van der Waals surface area contributed by atoms with Crippen LogP contribution in [-0.2, 0) is 6.18 Å². The standard InChI is InChI=1S/C17H9ClF4N2/c18-12-5-6-13(14(19)9-12)16-23-8-7-15(24-16)10-1-3-11(4-2-10)17(20,21)22/h1-9H. The fraction of sp³-hybridized carbons (Fsp3) is 0.0588. The second kappa shape index (κ2) is 6.20. The van der Waals surface area contributed by atoms with Crippen molar-refractivity contribution in [3.63, 3.8) is 0 Å². The summed E-state index contributed by atoms with van der Waals surface area (Å²) in [6.07, 6.45) is -2.98. The highest BCUT2D eigenvalue weighted by Gasteiger charge is 2.30. The first-order valence-electron chi connectivity index (χ1n) is 6.81. The molecular formula is C17H9ClF4N2. The fourth-order valence-electron chi connectivity index (χ4n) is 2.15. The Morgan fingerprint density at radius 3 is 2.25 bits per heavy atom. The molecule has 0 saturated heterocycles. The van der Waals surface area contributed by atoms with Gasteiger partial charge in [-0.3, -0.25) is 0 Å². The fourth-order valence-corrected chi connectivity index (χ4v) is 2.31. The summed E-state index contributed by atoms with van der Waals surface area (Å²) in [5.74, 6) is -0.450. The number of aromatic nitrogens is 2. The molecule has 0 aliphatic carbocycles. The van der Waals surface area contributed by atoms with Crippen molar-refractivity contribution in [3.05, 3.63) is 71.1 Å². The summed E-state index contributed by atoms with van der Waals surface area (Å²) < 4.78 is 51.8. The summed E-state index contributed by atoms with van der Waals surface area (Å²) in [6, 6.07) is 10.2. The Labute approximate surface area is 139 Å². The van der Waals surface area contributed by atoms with Crippen LogP contribution in [0.1, 0.15) is 5.56 Å². The van der Waals surface area contributed by atoms with Gasteiger partial charge in [-0.2, -0.15) is 13.2 Å². The topological polar surface area (TPSA) is 25.8 Å². The van der Waals surface area contributed by atoms with Gasteiger partial charge in [0.25, 0.3) is 0 Å². The van der Waals surface area contributed by atoms with Crippen molar-refractivity contribution in [1.29, 1.82) is 0 Å². The van der Waals surface area contributed by atoms with E-state index in [1.807, 2.05) is 0 Å². The SMILES string of the molecule is Fc1cc(Cl)ccc1-c1nccc(-c2ccc(C(F)(F)F)cc2)n1. The van der Waals surface area contributed by atoms with Crippen LogP contribution in [0.15, 0.2) is 54.7 Å². The van der Waals surface area contributed by atoms with Crippen molar-refractivity contribution >= 4 is 11.6 Å². The predicted molar refractivity (Wildman–Crippen MR) is 82.9 cm³/mol. The lowest BCUT2D eigenvalue weighted by atomic mass is 10.1. The van der Waals surface area contributed by atoms with Gasteiger partial charge in [-0.25, -0.2) is 14.4 Å². The molecule has 0 spiro atoms. The zero-order chi connectivity index (χ0) is 17.3. The molecule has 24 heavy (non-hydrogen) atoms. The van der Waals surface area contributed by atoms with Crippen LogP contribution in [0.2, 0.25) is 5.02 Å². The van der Waals surface area contributed by atoms with Crippen LogP contribution < -0.4 is 0 Å². The number of hydrogen-bond donors (Lipinski definition) is 0. The largest absolute Gasteiger partial charge is 0.416 e. The lowest BCUT2D eigenvalue weighted by Crippen LogP contribution is -2.04. The number of nitrogens with zero attached hydrogens (tertiary/aromatic N) is 2. The van der Waals surface area contributed by atoms with Crippen LogP contribution in [0.5, 0.6) is 0 Å². The van der Waals surface area contributed by atoms with Gasteiger partial charge in [-0.05, 0) is 36.4 Å². The van der Waals surface area contributed by atoms with Gasteiger partial charge in [-0.1, -0.05) is 23.7 Å². The molecule has 0 radical (unpaired) electrons. The molecule has 0 aliphatic rings. The Morgan fingerprint density at radius 2 is 1.62 bits per heavy atom. The first-order chi connectivity index (χ1) is 11.3. The summed E-state index contributed by atoms with van der Waals surface area (Å²) in [5, 5.41) is 0.246. The van der Waals surface area contributed by atoms with Crippen molar-refractivity contribution in [1.82, 2.24) is 9.97 Å². The van der Waals surface area contributed by atoms with E-state index in [1.165, 1.54) is 30.5 Å². The summed E-state index contributed by atoms with van der Waals surface area (Å²) in [7, 11) is 0. The molecular weight excluding hydrogens is 344 g/mol. The molecule has 0 aliphatic heterocycles.